The molecule has 5 nitrogen and oxygen atoms in total. The van der Waals surface area contributed by atoms with Crippen LogP contribution in [-0.2, 0) is 9.53 Å². The number of rotatable bonds is 3. The zero-order valence-corrected chi connectivity index (χ0v) is 8.03. The molecule has 0 spiro atoms. The maximum absolute atomic E-state index is 11.1. The zero-order chi connectivity index (χ0) is 10.6. The van der Waals surface area contributed by atoms with Gasteiger partial charge < -0.3 is 14.7 Å². The maximum Gasteiger partial charge on any atom is 0.413 e. The molecule has 0 aromatic rings. The van der Waals surface area contributed by atoms with Gasteiger partial charge in [-0.05, 0) is 0 Å². The molecule has 0 aromatic carbocycles. The predicted octanol–water partition coefficient (Wildman–Crippen LogP) is 0.752. The number of carbonyl (C=O) groups excluding carboxylic acids is 1. The molecule has 13 heavy (non-hydrogen) atoms. The Morgan fingerprint density at radius 3 is 2.31 bits per heavy atom. The van der Waals surface area contributed by atoms with Crippen LogP contribution in [0.5, 0.6) is 0 Å². The van der Waals surface area contributed by atoms with Crippen molar-refractivity contribution >= 4 is 12.1 Å². The molecule has 0 aliphatic heterocycles. The summed E-state index contributed by atoms with van der Waals surface area (Å²) in [7, 11) is 1.35. The fraction of sp³-hybridized carbons (Fsp3) is 0.625. The van der Waals surface area contributed by atoms with Crippen LogP contribution < -0.4 is 0 Å². The third kappa shape index (κ3) is 5.84. The second kappa shape index (κ2) is 4.02. The van der Waals surface area contributed by atoms with Gasteiger partial charge in [-0.15, -0.1) is 0 Å². The average Bonchev–Trinajstić information content (AvgIpc) is 1.81. The minimum absolute atomic E-state index is 0.380. The van der Waals surface area contributed by atoms with Crippen molar-refractivity contribution in [3.63, 3.8) is 0 Å². The Morgan fingerprint density at radius 1 is 1.54 bits per heavy atom. The van der Waals surface area contributed by atoms with Crippen molar-refractivity contribution in [2.75, 3.05) is 13.6 Å². The second-order valence-corrected chi connectivity index (χ2v) is 3.38. The van der Waals surface area contributed by atoms with Crippen molar-refractivity contribution in [3.05, 3.63) is 6.92 Å². The lowest BCUT2D eigenvalue weighted by atomic mass is 10.2. The van der Waals surface area contributed by atoms with Crippen LogP contribution in [-0.4, -0.2) is 41.3 Å². The van der Waals surface area contributed by atoms with Gasteiger partial charge in [0.25, 0.3) is 0 Å². The van der Waals surface area contributed by atoms with Crippen molar-refractivity contribution in [1.29, 1.82) is 0 Å². The Hall–Kier alpha value is -1.39. The molecule has 0 aromatic heterocycles. The summed E-state index contributed by atoms with van der Waals surface area (Å²) in [4.78, 5) is 22.3. The predicted molar refractivity (Wildman–Crippen MR) is 46.2 cm³/mol. The number of likely N-dealkylation sites (N-methyl/N-ethyl adjacent to an activating group) is 1. The van der Waals surface area contributed by atoms with Crippen LogP contribution in [0.3, 0.4) is 0 Å². The van der Waals surface area contributed by atoms with Gasteiger partial charge in [0.2, 0.25) is 5.60 Å². The maximum atomic E-state index is 11.1. The molecule has 0 saturated heterocycles. The quantitative estimate of drug-likeness (QED) is 0.664. The topological polar surface area (TPSA) is 66.8 Å². The smallest absolute Gasteiger partial charge is 0.413 e. The highest BCUT2D eigenvalue weighted by Crippen LogP contribution is 2.08. The summed E-state index contributed by atoms with van der Waals surface area (Å²) in [6.07, 6.45) is -0.692. The van der Waals surface area contributed by atoms with E-state index in [0.29, 0.717) is 0 Å². The molecule has 0 fully saturated rings. The molecule has 0 saturated carbocycles. The monoisotopic (exact) mass is 188 g/mol. The minimum Gasteiger partial charge on any atom is -0.480 e. The van der Waals surface area contributed by atoms with Crippen molar-refractivity contribution in [2.24, 2.45) is 0 Å². The number of aliphatic carboxylic acids is 1. The third-order valence-corrected chi connectivity index (χ3v) is 1.05. The van der Waals surface area contributed by atoms with Crippen LogP contribution in [0.4, 0.5) is 4.79 Å². The summed E-state index contributed by atoms with van der Waals surface area (Å²) in [5, 5.41) is 8.37. The average molecular weight is 188 g/mol. The van der Waals surface area contributed by atoms with Gasteiger partial charge >= 0.3 is 12.1 Å². The highest BCUT2D eigenvalue weighted by molar-refractivity contribution is 5.76. The number of carboxylic acid groups (broad SMARTS) is 1. The molecule has 0 rings (SSSR count). The minimum atomic E-state index is -1.08. The first-order chi connectivity index (χ1) is 5.72. The Bertz CT molecular complexity index is 207. The molecule has 0 unspecified atom stereocenters. The highest BCUT2D eigenvalue weighted by Gasteiger charge is 2.26. The van der Waals surface area contributed by atoms with Crippen LogP contribution in [0.2, 0.25) is 0 Å². The number of amides is 1. The Kier molecular flexibility index (Phi) is 3.59. The standard InChI is InChI=1S/C8H13NO4/c1-8(2,3)13-7(12)9(4)5-6(10)11/h1,5H2,2-4H3/p+1. The van der Waals surface area contributed by atoms with Gasteiger partial charge in [-0.3, -0.25) is 4.79 Å². The summed E-state index contributed by atoms with van der Waals surface area (Å²) in [6.45, 7) is 6.40. The van der Waals surface area contributed by atoms with Gasteiger partial charge in [-0.25, -0.2) is 4.79 Å². The van der Waals surface area contributed by atoms with Gasteiger partial charge in [-0.1, -0.05) is 0 Å². The first-order valence-electron chi connectivity index (χ1n) is 3.73. The Morgan fingerprint density at radius 2 is 2.00 bits per heavy atom. The first kappa shape index (κ1) is 11.6. The molecular formula is C8H14NO4+. The van der Waals surface area contributed by atoms with Crippen LogP contribution in [0.1, 0.15) is 13.8 Å². The van der Waals surface area contributed by atoms with Crippen LogP contribution >= 0.6 is 0 Å². The highest BCUT2D eigenvalue weighted by atomic mass is 16.6. The summed E-state index contributed by atoms with van der Waals surface area (Å²) >= 11 is 0. The molecular weight excluding hydrogens is 174 g/mol. The Balaban J connectivity index is 4.05. The number of ether oxygens (including phenoxy) is 1. The zero-order valence-electron chi connectivity index (χ0n) is 8.03. The van der Waals surface area contributed by atoms with E-state index >= 15 is 0 Å². The van der Waals surface area contributed by atoms with E-state index in [1.165, 1.54) is 7.05 Å². The second-order valence-electron chi connectivity index (χ2n) is 3.38. The molecule has 1 N–H and O–H groups in total. The van der Waals surface area contributed by atoms with E-state index in [-0.39, 0.29) is 6.54 Å². The van der Waals surface area contributed by atoms with Gasteiger partial charge in [0.1, 0.15) is 13.5 Å². The van der Waals surface area contributed by atoms with E-state index in [0.717, 1.165) is 4.90 Å². The van der Waals surface area contributed by atoms with E-state index in [1.807, 2.05) is 0 Å². The number of hydrogen-bond donors (Lipinski definition) is 1. The van der Waals surface area contributed by atoms with E-state index < -0.39 is 17.7 Å². The lowest BCUT2D eigenvalue weighted by Gasteiger charge is -2.18. The number of hydrogen-bond acceptors (Lipinski definition) is 3. The number of carboxylic acids is 1. The molecule has 5 heteroatoms. The third-order valence-electron chi connectivity index (χ3n) is 1.05. The molecule has 0 aliphatic rings. The molecule has 74 valence electrons. The van der Waals surface area contributed by atoms with Crippen molar-refractivity contribution < 1.29 is 19.4 Å². The van der Waals surface area contributed by atoms with Crippen LogP contribution in [0.25, 0.3) is 0 Å². The molecule has 0 heterocycles. The largest absolute Gasteiger partial charge is 0.480 e. The summed E-state index contributed by atoms with van der Waals surface area (Å²) in [5.74, 6) is -1.08. The first-order valence-corrected chi connectivity index (χ1v) is 3.73. The van der Waals surface area contributed by atoms with Gasteiger partial charge in [-0.2, -0.15) is 0 Å². The van der Waals surface area contributed by atoms with Gasteiger partial charge in [0, 0.05) is 20.9 Å². The van der Waals surface area contributed by atoms with Gasteiger partial charge in [0.15, 0.2) is 0 Å². The van der Waals surface area contributed by atoms with Crippen LogP contribution in [0, 0.1) is 6.92 Å². The van der Waals surface area contributed by atoms with E-state index in [4.69, 9.17) is 9.84 Å². The van der Waals surface area contributed by atoms with Crippen molar-refractivity contribution in [2.45, 2.75) is 19.4 Å². The number of nitrogens with zero attached hydrogens (tertiary/aromatic N) is 1. The molecule has 1 amide bonds. The SMILES string of the molecule is [CH2+]C(C)(C)OC(=O)N(C)CC(=O)O. The van der Waals surface area contributed by atoms with E-state index in [9.17, 15) is 9.59 Å². The number of carbonyl (C=O) groups is 2. The summed E-state index contributed by atoms with van der Waals surface area (Å²) in [6, 6.07) is 0. The van der Waals surface area contributed by atoms with Crippen molar-refractivity contribution in [3.8, 4) is 0 Å². The van der Waals surface area contributed by atoms with Crippen molar-refractivity contribution in [1.82, 2.24) is 4.90 Å². The summed E-state index contributed by atoms with van der Waals surface area (Å²) in [5.41, 5.74) is -0.843. The Labute approximate surface area is 77.3 Å². The van der Waals surface area contributed by atoms with Gasteiger partial charge in [0.05, 0.1) is 0 Å². The molecule has 0 bridgehead atoms. The normalized spacial score (nSPS) is 10.7. The molecule has 0 radical (unpaired) electrons. The van der Waals surface area contributed by atoms with E-state index in [2.05, 4.69) is 6.92 Å². The fourth-order valence-electron chi connectivity index (χ4n) is 0.582. The van der Waals surface area contributed by atoms with Crippen LogP contribution in [0.15, 0.2) is 0 Å². The molecule has 0 aliphatic carbocycles. The fourth-order valence-corrected chi connectivity index (χ4v) is 0.582. The molecule has 0 atom stereocenters. The lowest BCUT2D eigenvalue weighted by molar-refractivity contribution is -0.137. The summed E-state index contributed by atoms with van der Waals surface area (Å²) < 4.78 is 4.81. The van der Waals surface area contributed by atoms with E-state index in [1.54, 1.807) is 13.8 Å². The lowest BCUT2D eigenvalue weighted by Crippen LogP contribution is -2.37.